The molecule has 1 amide bonds. The quantitative estimate of drug-likeness (QED) is 0.426. The molecule has 0 aliphatic carbocycles. The molecule has 2 aliphatic heterocycles. The zero-order valence-corrected chi connectivity index (χ0v) is 19.4. The monoisotopic (exact) mass is 478 g/mol. The second-order valence-corrected chi connectivity index (χ2v) is 9.05. The van der Waals surface area contributed by atoms with Crippen molar-refractivity contribution >= 4 is 27.7 Å². The number of aryl methyl sites for hydroxylation is 1. The summed E-state index contributed by atoms with van der Waals surface area (Å²) in [5, 5.41) is 4.71. The first-order valence-corrected chi connectivity index (χ1v) is 11.9. The minimum atomic E-state index is -0.128. The molecule has 8 nitrogen and oxygen atoms in total. The van der Waals surface area contributed by atoms with E-state index in [1.807, 2.05) is 65.2 Å². The molecule has 0 bridgehead atoms. The van der Waals surface area contributed by atoms with Crippen LogP contribution in [0.3, 0.4) is 0 Å². The molecule has 0 spiro atoms. The lowest BCUT2D eigenvalue weighted by atomic mass is 10.0. The molecule has 8 heteroatoms. The number of aromatic nitrogens is 3. The standard InChI is InChI=1S/C28H22N4O4/c33-25(29-14-17-9-10-23-24(13-17)36-16-35-23)15-32-22-8-4-2-5-18(22)19-11-12-31-27(26(19)32)30-21-7-3-1-6-20(21)28(31)34/h1-10,13H,11-12,14-16H2,(H,29,33). The first-order chi connectivity index (χ1) is 17.7. The average Bonchev–Trinajstić information content (AvgIpc) is 3.50. The van der Waals surface area contributed by atoms with Crippen LogP contribution in [0.4, 0.5) is 0 Å². The predicted octanol–water partition coefficient (Wildman–Crippen LogP) is 3.62. The predicted molar refractivity (Wildman–Crippen MR) is 135 cm³/mol. The topological polar surface area (TPSA) is 87.4 Å². The molecule has 4 heterocycles. The molecule has 0 unspecified atom stereocenters. The van der Waals surface area contributed by atoms with E-state index in [1.54, 1.807) is 4.57 Å². The molecule has 2 aromatic heterocycles. The van der Waals surface area contributed by atoms with Crippen LogP contribution in [0.25, 0.3) is 33.3 Å². The second kappa shape index (κ2) is 7.98. The summed E-state index contributed by atoms with van der Waals surface area (Å²) in [5.74, 6) is 1.88. The van der Waals surface area contributed by atoms with Crippen molar-refractivity contribution in [2.45, 2.75) is 26.1 Å². The zero-order chi connectivity index (χ0) is 24.2. The van der Waals surface area contributed by atoms with Crippen molar-refractivity contribution in [2.24, 2.45) is 0 Å². The maximum absolute atomic E-state index is 13.3. The third-order valence-electron chi connectivity index (χ3n) is 6.96. The molecule has 0 fully saturated rings. The van der Waals surface area contributed by atoms with Crippen molar-refractivity contribution in [3.8, 4) is 23.0 Å². The van der Waals surface area contributed by atoms with Crippen molar-refractivity contribution in [2.75, 3.05) is 6.79 Å². The number of fused-ring (bicyclic) bond motifs is 7. The van der Waals surface area contributed by atoms with Gasteiger partial charge >= 0.3 is 0 Å². The Morgan fingerprint density at radius 3 is 2.69 bits per heavy atom. The smallest absolute Gasteiger partial charge is 0.261 e. The summed E-state index contributed by atoms with van der Waals surface area (Å²) in [6.07, 6.45) is 0.703. The van der Waals surface area contributed by atoms with Crippen LogP contribution in [0.5, 0.6) is 11.5 Å². The number of nitrogens with one attached hydrogen (secondary N) is 1. The number of hydrogen-bond donors (Lipinski definition) is 1. The Morgan fingerprint density at radius 1 is 0.972 bits per heavy atom. The summed E-state index contributed by atoms with van der Waals surface area (Å²) in [6, 6.07) is 21.1. The summed E-state index contributed by atoms with van der Waals surface area (Å²) < 4.78 is 14.5. The minimum absolute atomic E-state index is 0.0506. The van der Waals surface area contributed by atoms with Crippen LogP contribution >= 0.6 is 0 Å². The van der Waals surface area contributed by atoms with Gasteiger partial charge in [-0.2, -0.15) is 0 Å². The highest BCUT2D eigenvalue weighted by Crippen LogP contribution is 2.36. The van der Waals surface area contributed by atoms with Gasteiger partial charge in [0, 0.05) is 24.0 Å². The maximum Gasteiger partial charge on any atom is 0.261 e. The van der Waals surface area contributed by atoms with Gasteiger partial charge in [-0.25, -0.2) is 4.98 Å². The van der Waals surface area contributed by atoms with Crippen molar-refractivity contribution in [3.05, 3.63) is 88.2 Å². The van der Waals surface area contributed by atoms with Gasteiger partial charge in [0.2, 0.25) is 12.7 Å². The highest BCUT2D eigenvalue weighted by molar-refractivity contribution is 5.93. The van der Waals surface area contributed by atoms with Gasteiger partial charge in [-0.1, -0.05) is 36.4 Å². The SMILES string of the molecule is O=C(Cn1c2c(c3ccccc31)CCn1c-2nc2ccccc2c1=O)NCc1ccc2c(c1)OCO2. The Morgan fingerprint density at radius 2 is 1.78 bits per heavy atom. The van der Waals surface area contributed by atoms with Gasteiger partial charge < -0.3 is 19.4 Å². The lowest BCUT2D eigenvalue weighted by Crippen LogP contribution is -2.30. The first-order valence-electron chi connectivity index (χ1n) is 11.9. The van der Waals surface area contributed by atoms with Crippen molar-refractivity contribution < 1.29 is 14.3 Å². The minimum Gasteiger partial charge on any atom is -0.454 e. The number of nitrogens with zero attached hydrogens (tertiary/aromatic N) is 3. The van der Waals surface area contributed by atoms with Crippen molar-refractivity contribution in [3.63, 3.8) is 0 Å². The van der Waals surface area contributed by atoms with Gasteiger partial charge in [0.25, 0.3) is 5.56 Å². The fraction of sp³-hybridized carbons (Fsp3) is 0.179. The number of benzene rings is 3. The first kappa shape index (κ1) is 20.8. The number of rotatable bonds is 4. The Bertz CT molecular complexity index is 1750. The molecule has 0 saturated heterocycles. The van der Waals surface area contributed by atoms with E-state index in [9.17, 15) is 9.59 Å². The van der Waals surface area contributed by atoms with E-state index in [0.29, 0.717) is 47.7 Å². The van der Waals surface area contributed by atoms with Crippen LogP contribution in [-0.4, -0.2) is 26.8 Å². The van der Waals surface area contributed by atoms with Crippen LogP contribution < -0.4 is 20.3 Å². The maximum atomic E-state index is 13.3. The number of ether oxygens (including phenoxy) is 2. The van der Waals surface area contributed by atoms with Crippen molar-refractivity contribution in [1.82, 2.24) is 19.4 Å². The van der Waals surface area contributed by atoms with Crippen LogP contribution in [-0.2, 0) is 30.8 Å². The molecule has 0 atom stereocenters. The normalized spacial score (nSPS) is 13.6. The summed E-state index contributed by atoms with van der Waals surface area (Å²) >= 11 is 0. The summed E-state index contributed by atoms with van der Waals surface area (Å²) in [6.45, 7) is 1.26. The van der Waals surface area contributed by atoms with Gasteiger partial charge in [0.05, 0.1) is 16.6 Å². The molecule has 3 aromatic carbocycles. The van der Waals surface area contributed by atoms with Crippen LogP contribution in [0, 0.1) is 0 Å². The Kier molecular flexibility index (Phi) is 4.60. The summed E-state index contributed by atoms with van der Waals surface area (Å²) in [5.41, 5.74) is 4.45. The van der Waals surface area contributed by atoms with E-state index in [1.165, 1.54) is 0 Å². The third-order valence-corrected chi connectivity index (χ3v) is 6.96. The van der Waals surface area contributed by atoms with Gasteiger partial charge in [-0.05, 0) is 47.9 Å². The number of carbonyl (C=O) groups is 1. The second-order valence-electron chi connectivity index (χ2n) is 9.05. The molecular formula is C28H22N4O4. The largest absolute Gasteiger partial charge is 0.454 e. The Labute approximate surface area is 205 Å². The van der Waals surface area contributed by atoms with Gasteiger partial charge in [-0.15, -0.1) is 0 Å². The molecule has 5 aromatic rings. The zero-order valence-electron chi connectivity index (χ0n) is 19.4. The lowest BCUT2D eigenvalue weighted by Gasteiger charge is -2.21. The van der Waals surface area contributed by atoms with E-state index >= 15 is 0 Å². The van der Waals surface area contributed by atoms with Gasteiger partial charge in [-0.3, -0.25) is 14.2 Å². The number of para-hydroxylation sites is 2. The molecule has 178 valence electrons. The molecule has 0 radical (unpaired) electrons. The van der Waals surface area contributed by atoms with Crippen molar-refractivity contribution in [1.29, 1.82) is 0 Å². The fourth-order valence-corrected chi connectivity index (χ4v) is 5.28. The summed E-state index contributed by atoms with van der Waals surface area (Å²) in [7, 11) is 0. The van der Waals surface area contributed by atoms with E-state index in [-0.39, 0.29) is 24.8 Å². The highest BCUT2D eigenvalue weighted by atomic mass is 16.7. The Hall–Kier alpha value is -4.59. The molecular weight excluding hydrogens is 456 g/mol. The van der Waals surface area contributed by atoms with Gasteiger partial charge in [0.15, 0.2) is 17.3 Å². The number of amides is 1. The van der Waals surface area contributed by atoms with Crippen LogP contribution in [0.15, 0.2) is 71.5 Å². The van der Waals surface area contributed by atoms with Crippen LogP contribution in [0.2, 0.25) is 0 Å². The van der Waals surface area contributed by atoms with E-state index in [0.717, 1.165) is 27.7 Å². The summed E-state index contributed by atoms with van der Waals surface area (Å²) in [4.78, 5) is 31.3. The highest BCUT2D eigenvalue weighted by Gasteiger charge is 2.28. The van der Waals surface area contributed by atoms with E-state index in [2.05, 4.69) is 11.4 Å². The molecule has 0 saturated carbocycles. The van der Waals surface area contributed by atoms with E-state index in [4.69, 9.17) is 14.5 Å². The molecule has 36 heavy (non-hydrogen) atoms. The number of hydrogen-bond acceptors (Lipinski definition) is 5. The Balaban J connectivity index is 1.27. The number of carbonyl (C=O) groups excluding carboxylic acids is 1. The third kappa shape index (κ3) is 3.18. The van der Waals surface area contributed by atoms with Crippen LogP contribution in [0.1, 0.15) is 11.1 Å². The average molecular weight is 479 g/mol. The molecule has 7 rings (SSSR count). The van der Waals surface area contributed by atoms with E-state index < -0.39 is 0 Å². The van der Waals surface area contributed by atoms with Gasteiger partial charge in [0.1, 0.15) is 6.54 Å². The lowest BCUT2D eigenvalue weighted by molar-refractivity contribution is -0.121. The fourth-order valence-electron chi connectivity index (χ4n) is 5.28. The molecule has 2 aliphatic rings. The molecule has 1 N–H and O–H groups in total.